The van der Waals surface area contributed by atoms with Gasteiger partial charge in [-0.2, -0.15) is 0 Å². The number of anilines is 1. The van der Waals surface area contributed by atoms with Gasteiger partial charge in [-0.3, -0.25) is 0 Å². The number of rotatable bonds is 7. The summed E-state index contributed by atoms with van der Waals surface area (Å²) < 4.78 is 19.3. The summed E-state index contributed by atoms with van der Waals surface area (Å²) in [5.41, 5.74) is 1.75. The fourth-order valence-electron chi connectivity index (χ4n) is 3.48. The van der Waals surface area contributed by atoms with Crippen molar-refractivity contribution in [1.29, 1.82) is 0 Å². The van der Waals surface area contributed by atoms with Gasteiger partial charge in [0.2, 0.25) is 0 Å². The fourth-order valence-corrected chi connectivity index (χ4v) is 3.48. The van der Waals surface area contributed by atoms with Gasteiger partial charge in [0.25, 0.3) is 0 Å². The summed E-state index contributed by atoms with van der Waals surface area (Å²) >= 11 is 0. The highest BCUT2D eigenvalue weighted by molar-refractivity contribution is 5.79. The van der Waals surface area contributed by atoms with Crippen molar-refractivity contribution < 1.29 is 9.13 Å². The van der Waals surface area contributed by atoms with Gasteiger partial charge in [-0.15, -0.1) is 0 Å². The number of nitrogens with zero attached hydrogens (tertiary/aromatic N) is 2. The predicted molar refractivity (Wildman–Crippen MR) is 113 cm³/mol. The average molecular weight is 384 g/mol. The molecule has 1 atom stereocenters. The minimum atomic E-state index is -0.217. The highest BCUT2D eigenvalue weighted by Gasteiger charge is 2.24. The van der Waals surface area contributed by atoms with E-state index < -0.39 is 0 Å². The molecule has 1 unspecified atom stereocenters. The lowest BCUT2D eigenvalue weighted by molar-refractivity contribution is 0.414. The second kappa shape index (κ2) is 9.97. The molecule has 0 aromatic heterocycles. The Morgan fingerprint density at radius 2 is 1.96 bits per heavy atom. The Morgan fingerprint density at radius 1 is 1.18 bits per heavy atom. The molecule has 2 aromatic rings. The topological polar surface area (TPSA) is 48.9 Å². The molecule has 3 rings (SSSR count). The third-order valence-electron chi connectivity index (χ3n) is 4.98. The van der Waals surface area contributed by atoms with E-state index in [4.69, 9.17) is 4.74 Å². The zero-order valence-corrected chi connectivity index (χ0v) is 16.6. The summed E-state index contributed by atoms with van der Waals surface area (Å²) in [4.78, 5) is 6.90. The van der Waals surface area contributed by atoms with Crippen molar-refractivity contribution in [2.45, 2.75) is 19.9 Å². The molecular weight excluding hydrogens is 355 g/mol. The van der Waals surface area contributed by atoms with Crippen LogP contribution in [-0.2, 0) is 6.54 Å². The maximum Gasteiger partial charge on any atom is 0.191 e. The molecule has 0 saturated carbocycles. The summed E-state index contributed by atoms with van der Waals surface area (Å²) in [6, 6.07) is 14.9. The van der Waals surface area contributed by atoms with Gasteiger partial charge in [0.15, 0.2) is 5.96 Å². The van der Waals surface area contributed by atoms with E-state index in [-0.39, 0.29) is 5.82 Å². The third-order valence-corrected chi connectivity index (χ3v) is 4.98. The lowest BCUT2D eigenvalue weighted by Gasteiger charge is -2.21. The summed E-state index contributed by atoms with van der Waals surface area (Å²) in [5.74, 6) is 1.94. The minimum Gasteiger partial charge on any atom is -0.495 e. The molecular formula is C22H29FN4O. The molecule has 150 valence electrons. The number of ether oxygens (including phenoxy) is 1. The van der Waals surface area contributed by atoms with Crippen molar-refractivity contribution in [3.8, 4) is 5.75 Å². The van der Waals surface area contributed by atoms with E-state index in [0.717, 1.165) is 50.0 Å². The number of nitrogens with one attached hydrogen (secondary N) is 2. The van der Waals surface area contributed by atoms with Gasteiger partial charge in [0.05, 0.1) is 19.3 Å². The second-order valence-corrected chi connectivity index (χ2v) is 6.94. The molecule has 2 aromatic carbocycles. The Hall–Kier alpha value is -2.76. The second-order valence-electron chi connectivity index (χ2n) is 6.94. The van der Waals surface area contributed by atoms with Crippen LogP contribution in [-0.4, -0.2) is 39.2 Å². The highest BCUT2D eigenvalue weighted by atomic mass is 19.1. The van der Waals surface area contributed by atoms with E-state index >= 15 is 0 Å². The molecule has 2 N–H and O–H groups in total. The van der Waals surface area contributed by atoms with Crippen LogP contribution < -0.4 is 20.3 Å². The van der Waals surface area contributed by atoms with Gasteiger partial charge in [-0.05, 0) is 37.5 Å². The van der Waals surface area contributed by atoms with E-state index in [1.54, 1.807) is 19.2 Å². The van der Waals surface area contributed by atoms with Crippen LogP contribution >= 0.6 is 0 Å². The largest absolute Gasteiger partial charge is 0.495 e. The Balaban J connectivity index is 1.56. The number of halogens is 1. The van der Waals surface area contributed by atoms with Gasteiger partial charge in [0.1, 0.15) is 11.6 Å². The number of hydrogen-bond acceptors (Lipinski definition) is 3. The van der Waals surface area contributed by atoms with Gasteiger partial charge in [0, 0.05) is 31.7 Å². The molecule has 1 fully saturated rings. The van der Waals surface area contributed by atoms with E-state index in [0.29, 0.717) is 18.0 Å². The first-order chi connectivity index (χ1) is 13.7. The molecule has 1 aliphatic heterocycles. The summed E-state index contributed by atoms with van der Waals surface area (Å²) in [7, 11) is 1.71. The molecule has 0 spiro atoms. The van der Waals surface area contributed by atoms with Crippen LogP contribution in [0.1, 0.15) is 18.9 Å². The zero-order valence-electron chi connectivity index (χ0n) is 16.6. The van der Waals surface area contributed by atoms with E-state index in [9.17, 15) is 4.39 Å². The third kappa shape index (κ3) is 5.15. The molecule has 0 aliphatic carbocycles. The first-order valence-electron chi connectivity index (χ1n) is 9.84. The monoisotopic (exact) mass is 384 g/mol. The van der Waals surface area contributed by atoms with Crippen LogP contribution in [0, 0.1) is 11.7 Å². The van der Waals surface area contributed by atoms with Crippen LogP contribution in [0.5, 0.6) is 5.75 Å². The summed E-state index contributed by atoms with van der Waals surface area (Å²) in [6.07, 6.45) is 1.11. The van der Waals surface area contributed by atoms with E-state index in [1.807, 2.05) is 31.2 Å². The quantitative estimate of drug-likeness (QED) is 0.567. The molecule has 1 saturated heterocycles. The van der Waals surface area contributed by atoms with Crippen molar-refractivity contribution in [2.75, 3.05) is 38.2 Å². The van der Waals surface area contributed by atoms with Gasteiger partial charge in [-0.1, -0.05) is 30.3 Å². The molecule has 0 radical (unpaired) electrons. The summed E-state index contributed by atoms with van der Waals surface area (Å²) in [6.45, 7) is 5.92. The summed E-state index contributed by atoms with van der Waals surface area (Å²) in [5, 5.41) is 6.65. The standard InChI is InChI=1S/C22H29FN4O/c1-3-24-22(26-15-18-8-4-5-9-19(18)23)25-14-17-12-13-27(16-17)20-10-6-7-11-21(20)28-2/h4-11,17H,3,12-16H2,1-2H3,(H2,24,25,26). The SMILES string of the molecule is CCNC(=NCc1ccccc1F)NCC1CCN(c2ccccc2OC)C1. The zero-order chi connectivity index (χ0) is 19.8. The van der Waals surface area contributed by atoms with Gasteiger partial charge in [-0.25, -0.2) is 9.38 Å². The van der Waals surface area contributed by atoms with E-state index in [2.05, 4.69) is 26.6 Å². The number of methoxy groups -OCH3 is 1. The Labute approximate surface area is 166 Å². The van der Waals surface area contributed by atoms with Gasteiger partial charge >= 0.3 is 0 Å². The number of benzene rings is 2. The lowest BCUT2D eigenvalue weighted by atomic mass is 10.1. The molecule has 5 nitrogen and oxygen atoms in total. The van der Waals surface area contributed by atoms with Crippen LogP contribution in [0.25, 0.3) is 0 Å². The van der Waals surface area contributed by atoms with Crippen molar-refractivity contribution in [3.05, 3.63) is 59.9 Å². The average Bonchev–Trinajstić information content (AvgIpc) is 3.20. The Bertz CT molecular complexity index is 796. The Kier molecular flexibility index (Phi) is 7.12. The van der Waals surface area contributed by atoms with Crippen LogP contribution in [0.2, 0.25) is 0 Å². The van der Waals surface area contributed by atoms with Gasteiger partial charge < -0.3 is 20.3 Å². The first-order valence-corrected chi connectivity index (χ1v) is 9.84. The number of para-hydroxylation sites is 2. The smallest absolute Gasteiger partial charge is 0.191 e. The first kappa shape index (κ1) is 20.0. The molecule has 1 aliphatic rings. The fraction of sp³-hybridized carbons (Fsp3) is 0.409. The van der Waals surface area contributed by atoms with Crippen molar-refractivity contribution in [3.63, 3.8) is 0 Å². The lowest BCUT2D eigenvalue weighted by Crippen LogP contribution is -2.40. The van der Waals surface area contributed by atoms with E-state index in [1.165, 1.54) is 6.07 Å². The molecule has 1 heterocycles. The maximum absolute atomic E-state index is 13.8. The predicted octanol–water partition coefficient (Wildman–Crippen LogP) is 3.42. The normalized spacial score (nSPS) is 16.9. The molecule has 6 heteroatoms. The van der Waals surface area contributed by atoms with Crippen molar-refractivity contribution in [2.24, 2.45) is 10.9 Å². The van der Waals surface area contributed by atoms with Crippen LogP contribution in [0.4, 0.5) is 10.1 Å². The number of guanidine groups is 1. The Morgan fingerprint density at radius 3 is 2.75 bits per heavy atom. The number of hydrogen-bond donors (Lipinski definition) is 2. The number of aliphatic imine (C=N–C) groups is 1. The molecule has 28 heavy (non-hydrogen) atoms. The molecule has 0 amide bonds. The molecule has 0 bridgehead atoms. The van der Waals surface area contributed by atoms with Crippen LogP contribution in [0.15, 0.2) is 53.5 Å². The maximum atomic E-state index is 13.8. The minimum absolute atomic E-state index is 0.217. The van der Waals surface area contributed by atoms with Crippen LogP contribution in [0.3, 0.4) is 0 Å². The van der Waals surface area contributed by atoms with Crippen molar-refractivity contribution in [1.82, 2.24) is 10.6 Å². The highest BCUT2D eigenvalue weighted by Crippen LogP contribution is 2.31. The van der Waals surface area contributed by atoms with Crippen molar-refractivity contribution >= 4 is 11.6 Å².